The Bertz CT molecular complexity index is 460. The van der Waals surface area contributed by atoms with E-state index in [1.54, 1.807) is 12.4 Å². The lowest BCUT2D eigenvalue weighted by Gasteiger charge is -2.03. The summed E-state index contributed by atoms with van der Waals surface area (Å²) in [6.45, 7) is 2.21. The van der Waals surface area contributed by atoms with Gasteiger partial charge < -0.3 is 5.73 Å². The second-order valence-corrected chi connectivity index (χ2v) is 4.13. The van der Waals surface area contributed by atoms with E-state index in [2.05, 4.69) is 41.2 Å². The number of aromatic nitrogens is 2. The Kier molecular flexibility index (Phi) is 3.70. The summed E-state index contributed by atoms with van der Waals surface area (Å²) in [5.74, 6) is 0.452. The van der Waals surface area contributed by atoms with Crippen molar-refractivity contribution in [2.45, 2.75) is 26.2 Å². The van der Waals surface area contributed by atoms with E-state index in [9.17, 15) is 0 Å². The predicted molar refractivity (Wildman–Crippen MR) is 70.5 cm³/mol. The number of hydrogen-bond donors (Lipinski definition) is 1. The number of nitrogen functional groups attached to an aromatic ring is 1. The molecule has 2 N–H and O–H groups in total. The zero-order valence-corrected chi connectivity index (χ0v) is 10.1. The van der Waals surface area contributed by atoms with Crippen molar-refractivity contribution < 1.29 is 0 Å². The highest BCUT2D eigenvalue weighted by Crippen LogP contribution is 2.17. The SMILES string of the molecule is CCCCc1ccc(-c2cnc(N)cn2)cc1. The Hall–Kier alpha value is -1.90. The van der Waals surface area contributed by atoms with E-state index in [4.69, 9.17) is 5.73 Å². The second kappa shape index (κ2) is 5.43. The fraction of sp³-hybridized carbons (Fsp3) is 0.286. The molecule has 0 radical (unpaired) electrons. The van der Waals surface area contributed by atoms with Gasteiger partial charge in [-0.2, -0.15) is 0 Å². The summed E-state index contributed by atoms with van der Waals surface area (Å²) in [5, 5.41) is 0. The van der Waals surface area contributed by atoms with Crippen molar-refractivity contribution in [1.29, 1.82) is 0 Å². The lowest BCUT2D eigenvalue weighted by Crippen LogP contribution is -1.92. The monoisotopic (exact) mass is 227 g/mol. The van der Waals surface area contributed by atoms with Crippen molar-refractivity contribution >= 4 is 5.82 Å². The van der Waals surface area contributed by atoms with Crippen LogP contribution in [0.5, 0.6) is 0 Å². The van der Waals surface area contributed by atoms with Crippen LogP contribution in [0, 0.1) is 0 Å². The van der Waals surface area contributed by atoms with E-state index in [0.29, 0.717) is 5.82 Å². The van der Waals surface area contributed by atoms with Gasteiger partial charge in [0, 0.05) is 5.56 Å². The molecule has 1 aromatic carbocycles. The fourth-order valence-electron chi connectivity index (χ4n) is 1.71. The van der Waals surface area contributed by atoms with Gasteiger partial charge in [-0.15, -0.1) is 0 Å². The van der Waals surface area contributed by atoms with Gasteiger partial charge in [0.05, 0.1) is 18.1 Å². The highest BCUT2D eigenvalue weighted by atomic mass is 14.9. The van der Waals surface area contributed by atoms with E-state index in [1.165, 1.54) is 18.4 Å². The molecule has 0 unspecified atom stereocenters. The molecule has 0 saturated carbocycles. The molecule has 3 nitrogen and oxygen atoms in total. The van der Waals surface area contributed by atoms with E-state index in [-0.39, 0.29) is 0 Å². The van der Waals surface area contributed by atoms with Crippen molar-refractivity contribution in [3.8, 4) is 11.3 Å². The third kappa shape index (κ3) is 3.03. The zero-order valence-electron chi connectivity index (χ0n) is 10.1. The molecule has 3 heteroatoms. The number of aryl methyl sites for hydroxylation is 1. The Morgan fingerprint density at radius 3 is 2.41 bits per heavy atom. The number of rotatable bonds is 4. The lowest BCUT2D eigenvalue weighted by atomic mass is 10.1. The zero-order chi connectivity index (χ0) is 12.1. The van der Waals surface area contributed by atoms with Gasteiger partial charge in [0.25, 0.3) is 0 Å². The summed E-state index contributed by atoms with van der Waals surface area (Å²) in [6, 6.07) is 8.49. The van der Waals surface area contributed by atoms with E-state index in [0.717, 1.165) is 17.7 Å². The molecule has 17 heavy (non-hydrogen) atoms. The molecule has 0 aliphatic carbocycles. The average Bonchev–Trinajstić information content (AvgIpc) is 2.38. The van der Waals surface area contributed by atoms with Crippen LogP contribution in [0.3, 0.4) is 0 Å². The molecular formula is C14H17N3. The van der Waals surface area contributed by atoms with Crippen LogP contribution in [0.2, 0.25) is 0 Å². The molecule has 0 aliphatic heterocycles. The topological polar surface area (TPSA) is 51.8 Å². The van der Waals surface area contributed by atoms with E-state index < -0.39 is 0 Å². The Balaban J connectivity index is 2.14. The molecule has 0 spiro atoms. The van der Waals surface area contributed by atoms with Gasteiger partial charge in [-0.3, -0.25) is 4.98 Å². The summed E-state index contributed by atoms with van der Waals surface area (Å²) >= 11 is 0. The van der Waals surface area contributed by atoms with Crippen LogP contribution in [-0.4, -0.2) is 9.97 Å². The highest BCUT2D eigenvalue weighted by Gasteiger charge is 2.00. The van der Waals surface area contributed by atoms with Crippen LogP contribution in [-0.2, 0) is 6.42 Å². The van der Waals surface area contributed by atoms with E-state index >= 15 is 0 Å². The Morgan fingerprint density at radius 1 is 1.06 bits per heavy atom. The van der Waals surface area contributed by atoms with Crippen LogP contribution < -0.4 is 5.73 Å². The van der Waals surface area contributed by atoms with Crippen molar-refractivity contribution in [2.24, 2.45) is 0 Å². The molecule has 1 heterocycles. The number of nitrogens with two attached hydrogens (primary N) is 1. The van der Waals surface area contributed by atoms with Gasteiger partial charge in [-0.05, 0) is 18.4 Å². The van der Waals surface area contributed by atoms with Crippen molar-refractivity contribution in [1.82, 2.24) is 9.97 Å². The number of anilines is 1. The van der Waals surface area contributed by atoms with Gasteiger partial charge >= 0.3 is 0 Å². The first kappa shape index (κ1) is 11.6. The largest absolute Gasteiger partial charge is 0.382 e. The summed E-state index contributed by atoms with van der Waals surface area (Å²) < 4.78 is 0. The molecule has 0 atom stereocenters. The number of benzene rings is 1. The second-order valence-electron chi connectivity index (χ2n) is 4.13. The molecule has 0 amide bonds. The van der Waals surface area contributed by atoms with Gasteiger partial charge in [0.15, 0.2) is 0 Å². The quantitative estimate of drug-likeness (QED) is 0.873. The molecule has 0 fully saturated rings. The number of hydrogen-bond acceptors (Lipinski definition) is 3. The molecule has 88 valence electrons. The summed E-state index contributed by atoms with van der Waals surface area (Å²) in [7, 11) is 0. The molecule has 0 saturated heterocycles. The standard InChI is InChI=1S/C14H17N3/c1-2-3-4-11-5-7-12(8-6-11)13-9-17-14(15)10-16-13/h5-10H,2-4H2,1H3,(H2,15,17). The first-order valence-corrected chi connectivity index (χ1v) is 5.96. The Labute approximate surface area is 102 Å². The van der Waals surface area contributed by atoms with Crippen molar-refractivity contribution in [3.63, 3.8) is 0 Å². The normalized spacial score (nSPS) is 10.4. The average molecular weight is 227 g/mol. The molecule has 0 bridgehead atoms. The minimum Gasteiger partial charge on any atom is -0.382 e. The van der Waals surface area contributed by atoms with Crippen molar-refractivity contribution in [2.75, 3.05) is 5.73 Å². The van der Waals surface area contributed by atoms with Crippen molar-refractivity contribution in [3.05, 3.63) is 42.2 Å². The predicted octanol–water partition coefficient (Wildman–Crippen LogP) is 3.07. The first-order chi connectivity index (χ1) is 8.29. The molecule has 0 aliphatic rings. The Morgan fingerprint density at radius 2 is 1.82 bits per heavy atom. The van der Waals surface area contributed by atoms with Gasteiger partial charge in [0.2, 0.25) is 0 Å². The maximum Gasteiger partial charge on any atom is 0.141 e. The summed E-state index contributed by atoms with van der Waals surface area (Å²) in [6.07, 6.45) is 6.90. The van der Waals surface area contributed by atoms with Crippen LogP contribution in [0.15, 0.2) is 36.7 Å². The molecular weight excluding hydrogens is 210 g/mol. The van der Waals surface area contributed by atoms with Crippen LogP contribution in [0.1, 0.15) is 25.3 Å². The minimum absolute atomic E-state index is 0.452. The van der Waals surface area contributed by atoms with Crippen LogP contribution in [0.4, 0.5) is 5.82 Å². The summed E-state index contributed by atoms with van der Waals surface area (Å²) in [5.41, 5.74) is 8.83. The lowest BCUT2D eigenvalue weighted by molar-refractivity contribution is 0.795. The maximum absolute atomic E-state index is 5.51. The minimum atomic E-state index is 0.452. The molecule has 2 aromatic rings. The molecule has 1 aromatic heterocycles. The number of nitrogens with zero attached hydrogens (tertiary/aromatic N) is 2. The smallest absolute Gasteiger partial charge is 0.141 e. The molecule has 2 rings (SSSR count). The van der Waals surface area contributed by atoms with Crippen LogP contribution >= 0.6 is 0 Å². The fourth-order valence-corrected chi connectivity index (χ4v) is 1.71. The van der Waals surface area contributed by atoms with Crippen LogP contribution in [0.25, 0.3) is 11.3 Å². The van der Waals surface area contributed by atoms with E-state index in [1.807, 2.05) is 0 Å². The number of unbranched alkanes of at least 4 members (excludes halogenated alkanes) is 1. The highest BCUT2D eigenvalue weighted by molar-refractivity contribution is 5.58. The van der Waals surface area contributed by atoms with Gasteiger partial charge in [-0.1, -0.05) is 37.6 Å². The maximum atomic E-state index is 5.51. The van der Waals surface area contributed by atoms with Gasteiger partial charge in [-0.25, -0.2) is 4.98 Å². The van der Waals surface area contributed by atoms with Gasteiger partial charge in [0.1, 0.15) is 5.82 Å². The third-order valence-corrected chi connectivity index (χ3v) is 2.74. The summed E-state index contributed by atoms with van der Waals surface area (Å²) in [4.78, 5) is 8.30. The first-order valence-electron chi connectivity index (χ1n) is 5.96. The third-order valence-electron chi connectivity index (χ3n) is 2.74.